The molecule has 1 aromatic heterocycles. The van der Waals surface area contributed by atoms with Gasteiger partial charge in [-0.15, -0.1) is 11.8 Å². The Morgan fingerprint density at radius 3 is 2.42 bits per heavy atom. The van der Waals surface area contributed by atoms with E-state index in [4.69, 9.17) is 9.47 Å². The summed E-state index contributed by atoms with van der Waals surface area (Å²) in [6.07, 6.45) is -8.41. The third-order valence-corrected chi connectivity index (χ3v) is 8.42. The van der Waals surface area contributed by atoms with Crippen LogP contribution in [0, 0.1) is 5.92 Å². The van der Waals surface area contributed by atoms with Crippen molar-refractivity contribution < 1.29 is 44.3 Å². The first kappa shape index (κ1) is 26.7. The number of aliphatic hydroxyl groups excluding tert-OH is 4. The molecule has 15 nitrogen and oxygen atoms in total. The first-order chi connectivity index (χ1) is 18.0. The van der Waals surface area contributed by atoms with Crippen LogP contribution in [0.4, 0.5) is 0 Å². The van der Waals surface area contributed by atoms with Gasteiger partial charge in [0.15, 0.2) is 6.23 Å². The van der Waals surface area contributed by atoms with Crippen molar-refractivity contribution in [3.63, 3.8) is 0 Å². The fraction of sp³-hybridized carbons (Fsp3) is 0.591. The van der Waals surface area contributed by atoms with Gasteiger partial charge in [0.1, 0.15) is 48.1 Å². The van der Waals surface area contributed by atoms with Crippen molar-refractivity contribution in [2.45, 2.75) is 61.3 Å². The summed E-state index contributed by atoms with van der Waals surface area (Å²) >= 11 is 1.10. The first-order valence-corrected chi connectivity index (χ1v) is 12.8. The highest BCUT2D eigenvalue weighted by Crippen LogP contribution is 2.39. The fourth-order valence-corrected chi connectivity index (χ4v) is 6.38. The molecule has 4 aliphatic heterocycles. The van der Waals surface area contributed by atoms with Gasteiger partial charge in [-0.25, -0.2) is 4.79 Å². The molecule has 206 valence electrons. The van der Waals surface area contributed by atoms with Crippen molar-refractivity contribution in [1.29, 1.82) is 0 Å². The number of aromatic nitrogens is 2. The molecular formula is C22H26N4O11S. The van der Waals surface area contributed by atoms with Crippen LogP contribution < -0.4 is 16.6 Å². The molecule has 5 heterocycles. The van der Waals surface area contributed by atoms with Crippen LogP contribution in [-0.4, -0.2) is 113 Å². The number of aliphatic hydroxyl groups is 4. The van der Waals surface area contributed by atoms with Crippen molar-refractivity contribution in [2.24, 2.45) is 5.92 Å². The molecule has 10 atom stereocenters. The molecule has 3 amide bonds. The molecule has 6 N–H and O–H groups in total. The van der Waals surface area contributed by atoms with E-state index < -0.39 is 83.3 Å². The largest absolute Gasteiger partial charge is 0.388 e. The van der Waals surface area contributed by atoms with E-state index in [1.54, 1.807) is 0 Å². The highest BCUT2D eigenvalue weighted by molar-refractivity contribution is 8.01. The Hall–Kier alpha value is -2.86. The van der Waals surface area contributed by atoms with Gasteiger partial charge in [-0.1, -0.05) is 6.08 Å². The SMILES string of the molecule is CC1=CC(C2OC(CN3C(=O)CS[C@@H]3C3OC(n4ccc(=O)[nH]c4=O)[C@@H](O)[C@H]3O)[C@@H](O)[C@H]2O)C(=O)NC1=O. The predicted molar refractivity (Wildman–Crippen MR) is 126 cm³/mol. The van der Waals surface area contributed by atoms with Crippen LogP contribution in [0.25, 0.3) is 0 Å². The van der Waals surface area contributed by atoms with Crippen molar-refractivity contribution in [2.75, 3.05) is 12.3 Å². The maximum atomic E-state index is 12.8. The number of carbonyl (C=O) groups is 3. The molecule has 3 saturated heterocycles. The van der Waals surface area contributed by atoms with Crippen molar-refractivity contribution in [3.05, 3.63) is 44.8 Å². The summed E-state index contributed by atoms with van der Waals surface area (Å²) in [5, 5.41) is 43.9. The highest BCUT2D eigenvalue weighted by atomic mass is 32.2. The summed E-state index contributed by atoms with van der Waals surface area (Å²) in [4.78, 5) is 63.7. The second-order valence-corrected chi connectivity index (χ2v) is 10.7. The number of rotatable bonds is 5. The Morgan fingerprint density at radius 1 is 1.00 bits per heavy atom. The second-order valence-electron chi connectivity index (χ2n) is 9.55. The number of H-pyrrole nitrogens is 1. The van der Waals surface area contributed by atoms with Crippen LogP contribution in [-0.2, 0) is 23.9 Å². The summed E-state index contributed by atoms with van der Waals surface area (Å²) in [6.45, 7) is 1.25. The summed E-state index contributed by atoms with van der Waals surface area (Å²) < 4.78 is 12.5. The zero-order valence-corrected chi connectivity index (χ0v) is 20.7. The Morgan fingerprint density at radius 2 is 1.71 bits per heavy atom. The van der Waals surface area contributed by atoms with Crippen molar-refractivity contribution >= 4 is 29.5 Å². The van der Waals surface area contributed by atoms with Gasteiger partial charge in [0, 0.05) is 17.8 Å². The molecule has 3 fully saturated rings. The number of thioether (sulfide) groups is 1. The van der Waals surface area contributed by atoms with Crippen molar-refractivity contribution in [1.82, 2.24) is 19.8 Å². The van der Waals surface area contributed by atoms with Gasteiger partial charge in [0.05, 0.1) is 18.2 Å². The molecule has 0 radical (unpaired) electrons. The van der Waals surface area contributed by atoms with Crippen LogP contribution in [0.15, 0.2) is 33.5 Å². The van der Waals surface area contributed by atoms with E-state index in [1.165, 1.54) is 17.9 Å². The maximum absolute atomic E-state index is 12.8. The molecular weight excluding hydrogens is 528 g/mol. The molecule has 0 bridgehead atoms. The lowest BCUT2D eigenvalue weighted by Crippen LogP contribution is -2.50. The summed E-state index contributed by atoms with van der Waals surface area (Å²) in [5.74, 6) is -2.71. The number of amides is 3. The average molecular weight is 555 g/mol. The van der Waals surface area contributed by atoms with Crippen LogP contribution in [0.2, 0.25) is 0 Å². The van der Waals surface area contributed by atoms with E-state index in [0.29, 0.717) is 0 Å². The van der Waals surface area contributed by atoms with Crippen LogP contribution in [0.5, 0.6) is 0 Å². The van der Waals surface area contributed by atoms with E-state index >= 15 is 0 Å². The minimum atomic E-state index is -1.57. The van der Waals surface area contributed by atoms with E-state index in [2.05, 4.69) is 5.32 Å². The third kappa shape index (κ3) is 4.51. The first-order valence-electron chi connectivity index (χ1n) is 11.8. The van der Waals surface area contributed by atoms with Gasteiger partial charge in [-0.2, -0.15) is 0 Å². The minimum Gasteiger partial charge on any atom is -0.388 e. The zero-order chi connectivity index (χ0) is 27.5. The smallest absolute Gasteiger partial charge is 0.330 e. The molecule has 1 aromatic rings. The normalized spacial score (nSPS) is 39.6. The third-order valence-electron chi connectivity index (χ3n) is 7.14. The lowest BCUT2D eigenvalue weighted by atomic mass is 9.91. The van der Waals surface area contributed by atoms with Gasteiger partial charge in [0.25, 0.3) is 11.5 Å². The molecule has 38 heavy (non-hydrogen) atoms. The number of carbonyl (C=O) groups excluding carboxylic acids is 3. The second kappa shape index (κ2) is 10.0. The Kier molecular flexibility index (Phi) is 7.06. The molecule has 16 heteroatoms. The van der Waals surface area contributed by atoms with Gasteiger partial charge >= 0.3 is 5.69 Å². The Bertz CT molecular complexity index is 1300. The average Bonchev–Trinajstić information content (AvgIpc) is 3.46. The van der Waals surface area contributed by atoms with Gasteiger partial charge in [-0.3, -0.25) is 34.0 Å². The quantitative estimate of drug-likeness (QED) is 0.191. The molecule has 5 unspecified atom stereocenters. The zero-order valence-electron chi connectivity index (χ0n) is 19.9. The van der Waals surface area contributed by atoms with Gasteiger partial charge < -0.3 is 34.8 Å². The number of nitrogens with zero attached hydrogens (tertiary/aromatic N) is 2. The topological polar surface area (TPSA) is 221 Å². The van der Waals surface area contributed by atoms with E-state index in [-0.39, 0.29) is 23.8 Å². The number of nitrogens with one attached hydrogen (secondary N) is 2. The molecule has 0 spiro atoms. The van der Waals surface area contributed by atoms with Gasteiger partial charge in [0.2, 0.25) is 11.8 Å². The monoisotopic (exact) mass is 554 g/mol. The molecule has 0 saturated carbocycles. The Balaban J connectivity index is 1.33. The van der Waals surface area contributed by atoms with E-state index in [9.17, 15) is 44.4 Å². The lowest BCUT2D eigenvalue weighted by molar-refractivity contribution is -0.139. The van der Waals surface area contributed by atoms with E-state index in [1.807, 2.05) is 4.98 Å². The fourth-order valence-electron chi connectivity index (χ4n) is 5.11. The van der Waals surface area contributed by atoms with Crippen LogP contribution >= 0.6 is 11.8 Å². The maximum Gasteiger partial charge on any atom is 0.330 e. The number of ether oxygens (including phenoxy) is 2. The Labute approximate surface area is 218 Å². The van der Waals surface area contributed by atoms with Crippen LogP contribution in [0.1, 0.15) is 13.2 Å². The summed E-state index contributed by atoms with van der Waals surface area (Å²) in [7, 11) is 0. The summed E-state index contributed by atoms with van der Waals surface area (Å²) in [5.41, 5.74) is -1.27. The number of aromatic amines is 1. The predicted octanol–water partition coefficient (Wildman–Crippen LogP) is -4.23. The number of imide groups is 1. The minimum absolute atomic E-state index is 0.0134. The molecule has 0 aromatic carbocycles. The molecule has 0 aliphatic carbocycles. The summed E-state index contributed by atoms with van der Waals surface area (Å²) in [6, 6.07) is 1.05. The van der Waals surface area contributed by atoms with Crippen molar-refractivity contribution in [3.8, 4) is 0 Å². The number of hydrogen-bond acceptors (Lipinski definition) is 12. The van der Waals surface area contributed by atoms with Crippen LogP contribution in [0.3, 0.4) is 0 Å². The molecule has 5 rings (SSSR count). The van der Waals surface area contributed by atoms with E-state index in [0.717, 1.165) is 28.6 Å². The number of hydrogen-bond donors (Lipinski definition) is 6. The van der Waals surface area contributed by atoms with Gasteiger partial charge in [-0.05, 0) is 6.92 Å². The molecule has 4 aliphatic rings. The lowest BCUT2D eigenvalue weighted by Gasteiger charge is -2.32. The highest BCUT2D eigenvalue weighted by Gasteiger charge is 2.54. The standard InChI is InChI=1S/C22H26N4O11S/c1-7-4-8(19(34)24-18(7)33)16-13(30)12(29)9(36-16)5-26-11(28)6-38-21(26)17-14(31)15(32)20(37-17)25-3-2-10(27)23-22(25)35/h2-4,8-9,12-17,20-21,29-32H,5-6H2,1H3,(H,23,27,35)(H,24,33,34)/t8?,9?,12-,13-,14-,15+,16?,17?,20?,21-/m1/s1.